The maximum atomic E-state index is 13.4. The highest BCUT2D eigenvalue weighted by atomic mass is 16.3. The summed E-state index contributed by atoms with van der Waals surface area (Å²) in [5.74, 6) is -1.17. The number of carbonyl (C=O) groups is 2. The molecule has 2 heterocycles. The van der Waals surface area contributed by atoms with E-state index in [0.717, 1.165) is 11.1 Å². The molecule has 0 spiro atoms. The molecule has 0 saturated carbocycles. The van der Waals surface area contributed by atoms with Gasteiger partial charge in [-0.3, -0.25) is 9.59 Å². The molecule has 2 aliphatic rings. The first kappa shape index (κ1) is 17.6. The second-order valence-electron chi connectivity index (χ2n) is 7.52. The number of rotatable bonds is 3. The van der Waals surface area contributed by atoms with Crippen LogP contribution in [0.25, 0.3) is 0 Å². The maximum Gasteiger partial charge on any atom is 0.239 e. The molecule has 29 heavy (non-hydrogen) atoms. The fourth-order valence-electron chi connectivity index (χ4n) is 4.60. The van der Waals surface area contributed by atoms with Gasteiger partial charge in [-0.2, -0.15) is 0 Å². The topological polar surface area (TPSA) is 69.6 Å². The van der Waals surface area contributed by atoms with Crippen molar-refractivity contribution in [2.45, 2.75) is 12.1 Å². The Morgan fingerprint density at radius 3 is 1.69 bits per heavy atom. The molecule has 2 N–H and O–H groups in total. The van der Waals surface area contributed by atoms with Crippen LogP contribution < -0.4 is 10.2 Å². The molecule has 5 nitrogen and oxygen atoms in total. The van der Waals surface area contributed by atoms with Crippen LogP contribution in [0, 0.1) is 11.8 Å². The number of hydrogen-bond acceptors (Lipinski definition) is 4. The lowest BCUT2D eigenvalue weighted by Crippen LogP contribution is -2.36. The zero-order valence-corrected chi connectivity index (χ0v) is 15.6. The number of nitrogens with one attached hydrogen (secondary N) is 1. The summed E-state index contributed by atoms with van der Waals surface area (Å²) in [5, 5.41) is 13.2. The molecule has 5 heteroatoms. The predicted octanol–water partition coefficient (Wildman–Crippen LogP) is 3.58. The standard InChI is InChI=1S/C24H20N2O3/c27-18-13-11-16(12-14-18)22-20-19(21(25-22)15-7-3-1-4-8-15)23(28)26(24(20)29)17-9-5-2-6-10-17/h1-14,19-22,25,27H/t19?,20?,21-,22-/m1/s1. The van der Waals surface area contributed by atoms with Crippen LogP contribution >= 0.6 is 0 Å². The van der Waals surface area contributed by atoms with Crippen molar-refractivity contribution < 1.29 is 14.7 Å². The van der Waals surface area contributed by atoms with Crippen LogP contribution in [0.5, 0.6) is 5.75 Å². The summed E-state index contributed by atoms with van der Waals surface area (Å²) in [4.78, 5) is 28.2. The minimum atomic E-state index is -0.502. The van der Waals surface area contributed by atoms with E-state index in [-0.39, 0.29) is 29.6 Å². The van der Waals surface area contributed by atoms with Crippen LogP contribution in [-0.2, 0) is 9.59 Å². The van der Waals surface area contributed by atoms with Gasteiger partial charge in [0.15, 0.2) is 0 Å². The van der Waals surface area contributed by atoms with E-state index in [9.17, 15) is 14.7 Å². The van der Waals surface area contributed by atoms with Gasteiger partial charge in [-0.1, -0.05) is 60.7 Å². The quantitative estimate of drug-likeness (QED) is 0.677. The first-order chi connectivity index (χ1) is 14.1. The zero-order chi connectivity index (χ0) is 20.0. The molecule has 3 aromatic carbocycles. The Bertz CT molecular complexity index is 1050. The minimum absolute atomic E-state index is 0.169. The monoisotopic (exact) mass is 384 g/mol. The van der Waals surface area contributed by atoms with Crippen molar-refractivity contribution in [2.75, 3.05) is 4.90 Å². The van der Waals surface area contributed by atoms with Gasteiger partial charge in [0.25, 0.3) is 0 Å². The molecule has 2 unspecified atom stereocenters. The van der Waals surface area contributed by atoms with Crippen molar-refractivity contribution in [2.24, 2.45) is 11.8 Å². The lowest BCUT2D eigenvalue weighted by atomic mass is 9.84. The van der Waals surface area contributed by atoms with Gasteiger partial charge in [0.2, 0.25) is 11.8 Å². The first-order valence-electron chi connectivity index (χ1n) is 9.68. The van der Waals surface area contributed by atoms with E-state index in [2.05, 4.69) is 5.32 Å². The van der Waals surface area contributed by atoms with E-state index in [1.807, 2.05) is 48.5 Å². The number of phenols is 1. The Labute approximate surface area is 168 Å². The molecule has 2 saturated heterocycles. The van der Waals surface area contributed by atoms with Crippen molar-refractivity contribution >= 4 is 17.5 Å². The lowest BCUT2D eigenvalue weighted by molar-refractivity contribution is -0.123. The van der Waals surface area contributed by atoms with Crippen LogP contribution in [0.4, 0.5) is 5.69 Å². The van der Waals surface area contributed by atoms with Crippen LogP contribution in [-0.4, -0.2) is 16.9 Å². The van der Waals surface area contributed by atoms with Crippen molar-refractivity contribution in [1.29, 1.82) is 0 Å². The van der Waals surface area contributed by atoms with Crippen LogP contribution in [0.1, 0.15) is 23.2 Å². The van der Waals surface area contributed by atoms with Gasteiger partial charge in [-0.25, -0.2) is 4.90 Å². The number of para-hydroxylation sites is 1. The van der Waals surface area contributed by atoms with Crippen molar-refractivity contribution in [3.05, 3.63) is 96.1 Å². The molecular formula is C24H20N2O3. The SMILES string of the molecule is O=C1C2C(C(=O)N1c1ccccc1)[C@@H](c1ccc(O)cc1)N[C@@H]2c1ccccc1. The molecular weight excluding hydrogens is 364 g/mol. The Morgan fingerprint density at radius 2 is 1.14 bits per heavy atom. The number of aromatic hydroxyl groups is 1. The number of phenolic OH excluding ortho intramolecular Hbond substituents is 1. The summed E-state index contributed by atoms with van der Waals surface area (Å²) < 4.78 is 0. The van der Waals surface area contributed by atoms with Gasteiger partial charge in [0.05, 0.1) is 17.5 Å². The van der Waals surface area contributed by atoms with E-state index in [4.69, 9.17) is 0 Å². The maximum absolute atomic E-state index is 13.4. The molecule has 3 aromatic rings. The summed E-state index contributed by atoms with van der Waals surface area (Å²) in [6.45, 7) is 0. The summed E-state index contributed by atoms with van der Waals surface area (Å²) in [6, 6.07) is 25.1. The number of anilines is 1. The Balaban J connectivity index is 1.60. The third-order valence-electron chi connectivity index (χ3n) is 5.90. The Hall–Kier alpha value is -3.44. The fraction of sp³-hybridized carbons (Fsp3) is 0.167. The first-order valence-corrected chi connectivity index (χ1v) is 9.68. The summed E-state index contributed by atoms with van der Waals surface area (Å²) >= 11 is 0. The summed E-state index contributed by atoms with van der Waals surface area (Å²) in [6.07, 6.45) is 0. The minimum Gasteiger partial charge on any atom is -0.508 e. The average molecular weight is 384 g/mol. The third-order valence-corrected chi connectivity index (χ3v) is 5.90. The van der Waals surface area contributed by atoms with Gasteiger partial charge in [0.1, 0.15) is 5.75 Å². The highest BCUT2D eigenvalue weighted by Crippen LogP contribution is 2.50. The van der Waals surface area contributed by atoms with Crippen molar-refractivity contribution in [1.82, 2.24) is 5.32 Å². The molecule has 0 radical (unpaired) electrons. The molecule has 2 amide bonds. The van der Waals surface area contributed by atoms with Gasteiger partial charge in [0, 0.05) is 12.1 Å². The van der Waals surface area contributed by atoms with Gasteiger partial charge < -0.3 is 10.4 Å². The Kier molecular flexibility index (Phi) is 4.18. The smallest absolute Gasteiger partial charge is 0.239 e. The molecule has 2 fully saturated rings. The molecule has 5 rings (SSSR count). The highest BCUT2D eigenvalue weighted by molar-refractivity contribution is 6.22. The van der Waals surface area contributed by atoms with E-state index >= 15 is 0 Å². The number of fused-ring (bicyclic) bond motifs is 1. The molecule has 4 atom stereocenters. The highest BCUT2D eigenvalue weighted by Gasteiger charge is 2.59. The van der Waals surface area contributed by atoms with Crippen LogP contribution in [0.15, 0.2) is 84.9 Å². The number of benzene rings is 3. The predicted molar refractivity (Wildman–Crippen MR) is 109 cm³/mol. The van der Waals surface area contributed by atoms with Gasteiger partial charge >= 0.3 is 0 Å². The number of amides is 2. The number of imide groups is 1. The van der Waals surface area contributed by atoms with E-state index in [1.165, 1.54) is 4.90 Å². The normalized spacial score (nSPS) is 26.0. The van der Waals surface area contributed by atoms with E-state index in [1.54, 1.807) is 36.4 Å². The Morgan fingerprint density at radius 1 is 0.655 bits per heavy atom. The third kappa shape index (κ3) is 2.82. The van der Waals surface area contributed by atoms with Crippen LogP contribution in [0.2, 0.25) is 0 Å². The van der Waals surface area contributed by atoms with Gasteiger partial charge in [-0.05, 0) is 35.4 Å². The molecule has 2 aliphatic heterocycles. The summed E-state index contributed by atoms with van der Waals surface area (Å²) in [5.41, 5.74) is 2.47. The van der Waals surface area contributed by atoms with Gasteiger partial charge in [-0.15, -0.1) is 0 Å². The second-order valence-corrected chi connectivity index (χ2v) is 7.52. The fourth-order valence-corrected chi connectivity index (χ4v) is 4.60. The zero-order valence-electron chi connectivity index (χ0n) is 15.6. The number of hydrogen-bond donors (Lipinski definition) is 2. The average Bonchev–Trinajstić information content (AvgIpc) is 3.27. The molecule has 0 aliphatic carbocycles. The molecule has 0 bridgehead atoms. The van der Waals surface area contributed by atoms with Crippen LogP contribution in [0.3, 0.4) is 0 Å². The largest absolute Gasteiger partial charge is 0.508 e. The molecule has 144 valence electrons. The summed E-state index contributed by atoms with van der Waals surface area (Å²) in [7, 11) is 0. The van der Waals surface area contributed by atoms with Crippen molar-refractivity contribution in [3.63, 3.8) is 0 Å². The second kappa shape index (κ2) is 6.87. The lowest BCUT2D eigenvalue weighted by Gasteiger charge is -2.23. The van der Waals surface area contributed by atoms with E-state index < -0.39 is 11.8 Å². The number of nitrogens with zero attached hydrogens (tertiary/aromatic N) is 1. The molecule has 0 aromatic heterocycles. The number of carbonyl (C=O) groups excluding carboxylic acids is 2. The van der Waals surface area contributed by atoms with Crippen molar-refractivity contribution in [3.8, 4) is 5.75 Å². The van der Waals surface area contributed by atoms with E-state index in [0.29, 0.717) is 5.69 Å².